The van der Waals surface area contributed by atoms with Crippen molar-refractivity contribution in [1.29, 1.82) is 0 Å². The highest BCUT2D eigenvalue weighted by atomic mass is 16.5. The third-order valence-electron chi connectivity index (χ3n) is 5.94. The normalized spacial score (nSPS) is 28.8. The van der Waals surface area contributed by atoms with Gasteiger partial charge in [-0.05, 0) is 31.2 Å². The molecule has 6 nitrogen and oxygen atoms in total. The summed E-state index contributed by atoms with van der Waals surface area (Å²) in [6, 6.07) is 9.79. The number of carbonyl (C=O) groups excluding carboxylic acids is 1. The van der Waals surface area contributed by atoms with Crippen molar-refractivity contribution in [1.82, 2.24) is 14.8 Å². The van der Waals surface area contributed by atoms with Gasteiger partial charge in [0.25, 0.3) is 5.91 Å². The lowest BCUT2D eigenvalue weighted by atomic mass is 9.96. The van der Waals surface area contributed by atoms with E-state index in [-0.39, 0.29) is 36.6 Å². The van der Waals surface area contributed by atoms with E-state index in [1.807, 2.05) is 35.2 Å². The molecular weight excluding hydrogens is 354 g/mol. The number of carbonyl (C=O) groups is 1. The van der Waals surface area contributed by atoms with Crippen LogP contribution in [0.4, 0.5) is 0 Å². The van der Waals surface area contributed by atoms with Crippen LogP contribution >= 0.6 is 0 Å². The Hall–Kier alpha value is -2.02. The monoisotopic (exact) mass is 383 g/mol. The van der Waals surface area contributed by atoms with E-state index >= 15 is 0 Å². The smallest absolute Gasteiger partial charge is 0.272 e. The number of hydrogen-bond donors (Lipinski definition) is 1. The number of benzene rings is 1. The van der Waals surface area contributed by atoms with Gasteiger partial charge in [0.15, 0.2) is 0 Å². The zero-order valence-electron chi connectivity index (χ0n) is 16.6. The van der Waals surface area contributed by atoms with Crippen molar-refractivity contribution < 1.29 is 14.6 Å². The molecule has 0 spiro atoms. The number of aromatic nitrogens is 1. The van der Waals surface area contributed by atoms with Gasteiger partial charge < -0.3 is 14.7 Å². The first-order chi connectivity index (χ1) is 13.5. The maximum Gasteiger partial charge on any atom is 0.272 e. The summed E-state index contributed by atoms with van der Waals surface area (Å²) >= 11 is 0. The second-order valence-electron chi connectivity index (χ2n) is 8.31. The van der Waals surface area contributed by atoms with E-state index in [2.05, 4.69) is 23.7 Å². The minimum atomic E-state index is -0.0459. The fourth-order valence-corrected chi connectivity index (χ4v) is 4.65. The number of aliphatic hydroxyl groups is 1. The summed E-state index contributed by atoms with van der Waals surface area (Å²) in [5, 5.41) is 11.9. The number of hydrogen-bond acceptors (Lipinski definition) is 5. The number of aliphatic hydroxyl groups excluding tert-OH is 1. The zero-order valence-corrected chi connectivity index (χ0v) is 16.6. The Labute approximate surface area is 166 Å². The number of amides is 1. The van der Waals surface area contributed by atoms with Crippen LogP contribution in [0.2, 0.25) is 0 Å². The van der Waals surface area contributed by atoms with E-state index in [0.717, 1.165) is 30.4 Å². The summed E-state index contributed by atoms with van der Waals surface area (Å²) in [4.78, 5) is 21.7. The molecule has 0 radical (unpaired) electrons. The van der Waals surface area contributed by atoms with Crippen molar-refractivity contribution in [3.63, 3.8) is 0 Å². The number of ether oxygens (including phenoxy) is 1. The molecule has 0 unspecified atom stereocenters. The largest absolute Gasteiger partial charge is 0.396 e. The predicted molar refractivity (Wildman–Crippen MR) is 108 cm³/mol. The maximum atomic E-state index is 13.0. The van der Waals surface area contributed by atoms with Gasteiger partial charge in [-0.2, -0.15) is 0 Å². The van der Waals surface area contributed by atoms with E-state index in [4.69, 9.17) is 4.74 Å². The van der Waals surface area contributed by atoms with E-state index in [1.165, 1.54) is 0 Å². The minimum absolute atomic E-state index is 0.0459. The molecule has 28 heavy (non-hydrogen) atoms. The first kappa shape index (κ1) is 19.3. The quantitative estimate of drug-likeness (QED) is 0.875. The van der Waals surface area contributed by atoms with Crippen LogP contribution in [0.25, 0.3) is 10.8 Å². The SMILES string of the molecule is C[C@@H]1CN(C[C@@H]2CN(C(=O)c3cc4ccccc4cn3)C[C@@H]2CO)C[C@H](C)O1. The van der Waals surface area contributed by atoms with Gasteiger partial charge in [-0.3, -0.25) is 14.7 Å². The van der Waals surface area contributed by atoms with Gasteiger partial charge in [-0.15, -0.1) is 0 Å². The predicted octanol–water partition coefficient (Wildman–Crippen LogP) is 2.02. The highest BCUT2D eigenvalue weighted by molar-refractivity contribution is 5.96. The number of likely N-dealkylation sites (tertiary alicyclic amines) is 1. The lowest BCUT2D eigenvalue weighted by Gasteiger charge is -2.37. The number of morpholine rings is 1. The second kappa shape index (κ2) is 8.15. The maximum absolute atomic E-state index is 13.0. The summed E-state index contributed by atoms with van der Waals surface area (Å²) < 4.78 is 5.82. The Morgan fingerprint density at radius 1 is 1.11 bits per heavy atom. The molecular formula is C22H29N3O3. The van der Waals surface area contributed by atoms with E-state index < -0.39 is 0 Å². The van der Waals surface area contributed by atoms with Gasteiger partial charge in [0.05, 0.1) is 12.2 Å². The summed E-state index contributed by atoms with van der Waals surface area (Å²) in [5.74, 6) is 0.334. The summed E-state index contributed by atoms with van der Waals surface area (Å²) in [5.41, 5.74) is 0.477. The molecule has 2 fully saturated rings. The lowest BCUT2D eigenvalue weighted by Crippen LogP contribution is -2.48. The van der Waals surface area contributed by atoms with Crippen LogP contribution in [-0.4, -0.2) is 77.3 Å². The molecule has 0 saturated carbocycles. The first-order valence-corrected chi connectivity index (χ1v) is 10.2. The van der Waals surface area contributed by atoms with Gasteiger partial charge >= 0.3 is 0 Å². The van der Waals surface area contributed by atoms with Crippen molar-refractivity contribution in [2.24, 2.45) is 11.8 Å². The summed E-state index contributed by atoms with van der Waals surface area (Å²) in [6.07, 6.45) is 2.20. The molecule has 1 aromatic heterocycles. The second-order valence-corrected chi connectivity index (χ2v) is 8.31. The van der Waals surface area contributed by atoms with E-state index in [9.17, 15) is 9.90 Å². The molecule has 2 aromatic rings. The van der Waals surface area contributed by atoms with Crippen LogP contribution in [0.3, 0.4) is 0 Å². The highest BCUT2D eigenvalue weighted by Gasteiger charge is 2.37. The molecule has 2 aliphatic rings. The van der Waals surface area contributed by atoms with E-state index in [1.54, 1.807) is 6.20 Å². The molecule has 2 saturated heterocycles. The average Bonchev–Trinajstić information content (AvgIpc) is 3.09. The average molecular weight is 383 g/mol. The third kappa shape index (κ3) is 4.04. The lowest BCUT2D eigenvalue weighted by molar-refractivity contribution is -0.0726. The van der Waals surface area contributed by atoms with E-state index in [0.29, 0.717) is 18.8 Å². The molecule has 1 aromatic carbocycles. The molecule has 3 heterocycles. The highest BCUT2D eigenvalue weighted by Crippen LogP contribution is 2.27. The van der Waals surface area contributed by atoms with Crippen molar-refractivity contribution in [3.05, 3.63) is 42.2 Å². The van der Waals surface area contributed by atoms with Crippen molar-refractivity contribution in [2.45, 2.75) is 26.1 Å². The van der Waals surface area contributed by atoms with Crippen molar-refractivity contribution in [3.8, 4) is 0 Å². The van der Waals surface area contributed by atoms with Gasteiger partial charge in [-0.25, -0.2) is 0 Å². The molecule has 1 amide bonds. The van der Waals surface area contributed by atoms with Gasteiger partial charge in [0, 0.05) is 56.8 Å². The molecule has 150 valence electrons. The van der Waals surface area contributed by atoms with Crippen molar-refractivity contribution >= 4 is 16.7 Å². The fraction of sp³-hybridized carbons (Fsp3) is 0.545. The Balaban J connectivity index is 1.45. The van der Waals surface area contributed by atoms with Crippen LogP contribution in [0.1, 0.15) is 24.3 Å². The van der Waals surface area contributed by atoms with Crippen LogP contribution in [0.5, 0.6) is 0 Å². The topological polar surface area (TPSA) is 65.9 Å². The molecule has 4 rings (SSSR count). The Morgan fingerprint density at radius 3 is 2.50 bits per heavy atom. The van der Waals surface area contributed by atoms with Crippen LogP contribution in [0.15, 0.2) is 36.5 Å². The summed E-state index contributed by atoms with van der Waals surface area (Å²) in [6.45, 7) is 8.25. The molecule has 2 aliphatic heterocycles. The Kier molecular flexibility index (Phi) is 5.62. The number of nitrogens with zero attached hydrogens (tertiary/aromatic N) is 3. The van der Waals surface area contributed by atoms with Gasteiger partial charge in [-0.1, -0.05) is 24.3 Å². The van der Waals surface area contributed by atoms with Gasteiger partial charge in [0.2, 0.25) is 0 Å². The first-order valence-electron chi connectivity index (χ1n) is 10.2. The van der Waals surface area contributed by atoms with Crippen molar-refractivity contribution in [2.75, 3.05) is 39.3 Å². The molecule has 0 aliphatic carbocycles. The van der Waals surface area contributed by atoms with Crippen LogP contribution in [0, 0.1) is 11.8 Å². The number of rotatable bonds is 4. The Bertz CT molecular complexity index is 833. The summed E-state index contributed by atoms with van der Waals surface area (Å²) in [7, 11) is 0. The Morgan fingerprint density at radius 2 is 1.79 bits per heavy atom. The molecule has 1 N–H and O–H groups in total. The molecule has 6 heteroatoms. The van der Waals surface area contributed by atoms with Gasteiger partial charge in [0.1, 0.15) is 5.69 Å². The number of pyridine rings is 1. The fourth-order valence-electron chi connectivity index (χ4n) is 4.65. The third-order valence-corrected chi connectivity index (χ3v) is 5.94. The van der Waals surface area contributed by atoms with Crippen LogP contribution in [-0.2, 0) is 4.74 Å². The minimum Gasteiger partial charge on any atom is -0.396 e. The van der Waals surface area contributed by atoms with Crippen LogP contribution < -0.4 is 0 Å². The zero-order chi connectivity index (χ0) is 19.7. The standard InChI is InChI=1S/C22H29N3O3/c1-15-9-24(10-16(2)28-15)11-19-12-25(13-20(19)14-26)22(27)21-7-17-5-3-4-6-18(17)8-23-21/h3-8,15-16,19-20,26H,9-14H2,1-2H3/t15-,16+,19-,20-/m1/s1. The molecule has 4 atom stereocenters. The molecule has 0 bridgehead atoms. The number of fused-ring (bicyclic) bond motifs is 1.